The molecule has 2 saturated carbocycles. The quantitative estimate of drug-likeness (QED) is 0.901. The van der Waals surface area contributed by atoms with Gasteiger partial charge in [-0.3, -0.25) is 0 Å². The van der Waals surface area contributed by atoms with E-state index in [1.165, 1.54) is 42.4 Å². The maximum Gasteiger partial charge on any atom is 0.125 e. The monoisotopic (exact) mass is 273 g/mol. The first-order valence-corrected chi connectivity index (χ1v) is 7.98. The molecule has 2 heteroatoms. The summed E-state index contributed by atoms with van der Waals surface area (Å²) in [4.78, 5) is 0. The van der Waals surface area contributed by atoms with Crippen LogP contribution in [-0.4, -0.2) is 19.2 Å². The van der Waals surface area contributed by atoms with Gasteiger partial charge in [0, 0.05) is 17.9 Å². The van der Waals surface area contributed by atoms with Crippen LogP contribution in [0.25, 0.3) is 0 Å². The topological polar surface area (TPSA) is 21.3 Å². The highest BCUT2D eigenvalue weighted by Gasteiger charge is 2.57. The van der Waals surface area contributed by atoms with Crippen LogP contribution >= 0.6 is 0 Å². The normalized spacial score (nSPS) is 27.6. The van der Waals surface area contributed by atoms with Crippen molar-refractivity contribution < 1.29 is 4.74 Å². The van der Waals surface area contributed by atoms with Gasteiger partial charge in [-0.15, -0.1) is 0 Å². The van der Waals surface area contributed by atoms with Crippen molar-refractivity contribution in [2.45, 2.75) is 65.0 Å². The number of nitrogens with one attached hydrogen (secondary N) is 1. The first-order chi connectivity index (χ1) is 9.56. The third-order valence-corrected chi connectivity index (χ3v) is 5.53. The van der Waals surface area contributed by atoms with Gasteiger partial charge in [-0.25, -0.2) is 0 Å². The Kier molecular flexibility index (Phi) is 3.53. The average Bonchev–Trinajstić information content (AvgIpc) is 2.88. The van der Waals surface area contributed by atoms with E-state index in [-0.39, 0.29) is 0 Å². The zero-order chi connectivity index (χ0) is 14.3. The summed E-state index contributed by atoms with van der Waals surface area (Å²) in [5.41, 5.74) is 4.29. The van der Waals surface area contributed by atoms with Crippen molar-refractivity contribution in [1.29, 1.82) is 0 Å². The highest BCUT2D eigenvalue weighted by Crippen LogP contribution is 2.54. The van der Waals surface area contributed by atoms with Crippen LogP contribution in [0, 0.1) is 26.2 Å². The van der Waals surface area contributed by atoms with E-state index in [0.29, 0.717) is 17.6 Å². The average molecular weight is 273 g/mol. The largest absolute Gasteiger partial charge is 0.489 e. The molecular formula is C18H27NO. The van der Waals surface area contributed by atoms with E-state index in [9.17, 15) is 0 Å². The molecule has 1 spiro atoms. The first-order valence-electron chi connectivity index (χ1n) is 7.98. The molecular weight excluding hydrogens is 246 g/mol. The van der Waals surface area contributed by atoms with Crippen LogP contribution < -0.4 is 10.1 Å². The predicted molar refractivity (Wildman–Crippen MR) is 83.4 cm³/mol. The Hall–Kier alpha value is -1.02. The van der Waals surface area contributed by atoms with Crippen molar-refractivity contribution in [3.05, 3.63) is 28.8 Å². The van der Waals surface area contributed by atoms with Crippen molar-refractivity contribution in [1.82, 2.24) is 5.32 Å². The molecule has 2 unspecified atom stereocenters. The summed E-state index contributed by atoms with van der Waals surface area (Å²) in [5.74, 6) is 1.13. The number of hydrogen-bond acceptors (Lipinski definition) is 2. The van der Waals surface area contributed by atoms with Gasteiger partial charge in [0.25, 0.3) is 0 Å². The van der Waals surface area contributed by atoms with Crippen LogP contribution in [-0.2, 0) is 0 Å². The molecule has 2 fully saturated rings. The zero-order valence-corrected chi connectivity index (χ0v) is 13.3. The summed E-state index contributed by atoms with van der Waals surface area (Å²) < 4.78 is 6.50. The summed E-state index contributed by atoms with van der Waals surface area (Å²) in [6, 6.07) is 5.12. The summed E-state index contributed by atoms with van der Waals surface area (Å²) >= 11 is 0. The standard InChI is InChI=1S/C18H27NO/c1-12-9-13(2)17(14(3)10-12)20-16-11-15(19-4)18(16)7-5-6-8-18/h9-10,15-16,19H,5-8,11H2,1-4H3. The van der Waals surface area contributed by atoms with E-state index in [4.69, 9.17) is 4.74 Å². The van der Waals surface area contributed by atoms with Crippen molar-refractivity contribution in [2.75, 3.05) is 7.05 Å². The Labute approximate surface area is 122 Å². The summed E-state index contributed by atoms with van der Waals surface area (Å²) in [6.07, 6.45) is 6.94. The van der Waals surface area contributed by atoms with Gasteiger partial charge < -0.3 is 10.1 Å². The molecule has 0 bridgehead atoms. The van der Waals surface area contributed by atoms with E-state index in [0.717, 1.165) is 12.2 Å². The van der Waals surface area contributed by atoms with Crippen molar-refractivity contribution in [3.63, 3.8) is 0 Å². The highest BCUT2D eigenvalue weighted by atomic mass is 16.5. The van der Waals surface area contributed by atoms with Crippen LogP contribution in [0.5, 0.6) is 5.75 Å². The van der Waals surface area contributed by atoms with Gasteiger partial charge in [-0.1, -0.05) is 30.5 Å². The summed E-state index contributed by atoms with van der Waals surface area (Å²) in [7, 11) is 2.10. The lowest BCUT2D eigenvalue weighted by Gasteiger charge is -2.54. The van der Waals surface area contributed by atoms with Gasteiger partial charge in [-0.2, -0.15) is 0 Å². The zero-order valence-electron chi connectivity index (χ0n) is 13.3. The molecule has 0 saturated heterocycles. The van der Waals surface area contributed by atoms with Crippen molar-refractivity contribution in [3.8, 4) is 5.75 Å². The molecule has 2 atom stereocenters. The van der Waals surface area contributed by atoms with Crippen molar-refractivity contribution >= 4 is 0 Å². The van der Waals surface area contributed by atoms with Crippen molar-refractivity contribution in [2.24, 2.45) is 5.41 Å². The molecule has 1 aromatic carbocycles. The fraction of sp³-hybridized carbons (Fsp3) is 0.667. The molecule has 2 nitrogen and oxygen atoms in total. The maximum absolute atomic E-state index is 6.50. The minimum atomic E-state index is 0.401. The number of benzene rings is 1. The van der Waals surface area contributed by atoms with E-state index >= 15 is 0 Å². The second-order valence-electron chi connectivity index (χ2n) is 6.85. The Bertz CT molecular complexity index is 479. The fourth-order valence-electron chi connectivity index (χ4n) is 4.52. The smallest absolute Gasteiger partial charge is 0.125 e. The van der Waals surface area contributed by atoms with Gasteiger partial charge in [-0.05, 0) is 51.8 Å². The first kappa shape index (κ1) is 13.9. The van der Waals surface area contributed by atoms with Crippen LogP contribution in [0.15, 0.2) is 12.1 Å². The van der Waals surface area contributed by atoms with Gasteiger partial charge in [0.15, 0.2) is 0 Å². The summed E-state index contributed by atoms with van der Waals surface area (Å²) in [5, 5.41) is 3.51. The molecule has 1 N–H and O–H groups in total. The molecule has 2 aliphatic carbocycles. The molecule has 2 aliphatic rings. The SMILES string of the molecule is CNC1CC(Oc2c(C)cc(C)cc2C)C12CCCC2. The third kappa shape index (κ3) is 2.05. The molecule has 0 aromatic heterocycles. The van der Waals surface area contributed by atoms with Crippen LogP contribution in [0.4, 0.5) is 0 Å². The van der Waals surface area contributed by atoms with E-state index in [1.54, 1.807) is 0 Å². The van der Waals surface area contributed by atoms with Gasteiger partial charge in [0.2, 0.25) is 0 Å². The Morgan fingerprint density at radius 2 is 1.70 bits per heavy atom. The summed E-state index contributed by atoms with van der Waals surface area (Å²) in [6.45, 7) is 6.50. The Morgan fingerprint density at radius 3 is 2.25 bits per heavy atom. The van der Waals surface area contributed by atoms with Crippen LogP contribution in [0.1, 0.15) is 48.8 Å². The molecule has 110 valence electrons. The molecule has 0 aliphatic heterocycles. The van der Waals surface area contributed by atoms with E-state index in [2.05, 4.69) is 45.3 Å². The molecule has 20 heavy (non-hydrogen) atoms. The maximum atomic E-state index is 6.50. The van der Waals surface area contributed by atoms with Gasteiger partial charge in [0.1, 0.15) is 11.9 Å². The highest BCUT2D eigenvalue weighted by molar-refractivity contribution is 5.43. The van der Waals surface area contributed by atoms with E-state index in [1.807, 2.05) is 0 Å². The fourth-order valence-corrected chi connectivity index (χ4v) is 4.52. The Balaban J connectivity index is 1.82. The minimum absolute atomic E-state index is 0.401. The second kappa shape index (κ2) is 5.07. The number of hydrogen-bond donors (Lipinski definition) is 1. The number of rotatable bonds is 3. The molecule has 0 radical (unpaired) electrons. The lowest BCUT2D eigenvalue weighted by molar-refractivity contribution is -0.0742. The number of aryl methyl sites for hydroxylation is 3. The second-order valence-corrected chi connectivity index (χ2v) is 6.85. The Morgan fingerprint density at radius 1 is 1.10 bits per heavy atom. The van der Waals surface area contributed by atoms with Crippen LogP contribution in [0.2, 0.25) is 0 Å². The van der Waals surface area contributed by atoms with Crippen LogP contribution in [0.3, 0.4) is 0 Å². The lowest BCUT2D eigenvalue weighted by atomic mass is 9.60. The minimum Gasteiger partial charge on any atom is -0.489 e. The number of ether oxygens (including phenoxy) is 1. The lowest BCUT2D eigenvalue weighted by Crippen LogP contribution is -2.63. The third-order valence-electron chi connectivity index (χ3n) is 5.53. The predicted octanol–water partition coefficient (Wildman–Crippen LogP) is 3.91. The van der Waals surface area contributed by atoms with Gasteiger partial charge >= 0.3 is 0 Å². The van der Waals surface area contributed by atoms with E-state index < -0.39 is 0 Å². The molecule has 1 aromatic rings. The molecule has 3 rings (SSSR count). The van der Waals surface area contributed by atoms with Gasteiger partial charge in [0.05, 0.1) is 0 Å². The molecule has 0 amide bonds. The molecule has 0 heterocycles.